The third kappa shape index (κ3) is 2.26. The van der Waals surface area contributed by atoms with E-state index >= 15 is 0 Å². The molecule has 0 radical (unpaired) electrons. The minimum Gasteiger partial charge on any atom is -0.321 e. The molecule has 1 unspecified atom stereocenters. The van der Waals surface area contributed by atoms with E-state index in [-0.39, 0.29) is 6.03 Å². The maximum atomic E-state index is 12.0. The highest BCUT2D eigenvalue weighted by molar-refractivity contribution is 8.00. The number of rotatable bonds is 3. The van der Waals surface area contributed by atoms with Gasteiger partial charge in [0.1, 0.15) is 0 Å². The van der Waals surface area contributed by atoms with Gasteiger partial charge in [-0.2, -0.15) is 0 Å². The third-order valence-corrected chi connectivity index (χ3v) is 5.10. The number of hydrogen-bond acceptors (Lipinski definition) is 5. The standard InChI is InChI=1S/C10H14N4OS2/c1-16-10-13-12-8(17-10)11-9(15)14-5-4-7(14)6-2-3-6/h6-7H,2-5H2,1H3,(H,11,12,15). The summed E-state index contributed by atoms with van der Waals surface area (Å²) in [6, 6.07) is 0.458. The van der Waals surface area contributed by atoms with Crippen molar-refractivity contribution in [1.29, 1.82) is 0 Å². The Kier molecular flexibility index (Phi) is 2.96. The topological polar surface area (TPSA) is 58.1 Å². The highest BCUT2D eigenvalue weighted by Gasteiger charge is 2.42. The zero-order valence-corrected chi connectivity index (χ0v) is 11.2. The van der Waals surface area contributed by atoms with E-state index in [1.165, 1.54) is 24.2 Å². The lowest BCUT2D eigenvalue weighted by molar-refractivity contribution is 0.111. The Bertz CT molecular complexity index is 432. The van der Waals surface area contributed by atoms with Crippen LogP contribution in [0.5, 0.6) is 0 Å². The Morgan fingerprint density at radius 2 is 2.29 bits per heavy atom. The molecule has 92 valence electrons. The highest BCUT2D eigenvalue weighted by atomic mass is 32.2. The van der Waals surface area contributed by atoms with Crippen LogP contribution in [-0.2, 0) is 0 Å². The number of nitrogens with one attached hydrogen (secondary N) is 1. The van der Waals surface area contributed by atoms with Crippen LogP contribution in [0.4, 0.5) is 9.93 Å². The largest absolute Gasteiger partial charge is 0.323 e. The lowest BCUT2D eigenvalue weighted by atomic mass is 9.99. The second kappa shape index (κ2) is 4.45. The number of hydrogen-bond donors (Lipinski definition) is 1. The zero-order chi connectivity index (χ0) is 11.8. The Hall–Kier alpha value is -0.820. The first-order chi connectivity index (χ1) is 8.28. The monoisotopic (exact) mass is 270 g/mol. The smallest absolute Gasteiger partial charge is 0.321 e. The van der Waals surface area contributed by atoms with E-state index in [9.17, 15) is 4.79 Å². The van der Waals surface area contributed by atoms with Crippen molar-refractivity contribution in [2.45, 2.75) is 29.6 Å². The number of aromatic nitrogens is 2. The molecule has 17 heavy (non-hydrogen) atoms. The molecule has 1 aromatic rings. The fourth-order valence-electron chi connectivity index (χ4n) is 2.14. The minimum atomic E-state index is -0.0167. The predicted molar refractivity (Wildman–Crippen MR) is 68.5 cm³/mol. The van der Waals surface area contributed by atoms with Crippen LogP contribution in [0.15, 0.2) is 4.34 Å². The van der Waals surface area contributed by atoms with Crippen LogP contribution >= 0.6 is 23.1 Å². The molecule has 5 nitrogen and oxygen atoms in total. The number of likely N-dealkylation sites (tertiary alicyclic amines) is 1. The van der Waals surface area contributed by atoms with Crippen molar-refractivity contribution >= 4 is 34.3 Å². The van der Waals surface area contributed by atoms with Crippen LogP contribution in [0.2, 0.25) is 0 Å². The van der Waals surface area contributed by atoms with Gasteiger partial charge < -0.3 is 4.90 Å². The van der Waals surface area contributed by atoms with E-state index < -0.39 is 0 Å². The van der Waals surface area contributed by atoms with Gasteiger partial charge in [0.25, 0.3) is 0 Å². The zero-order valence-electron chi connectivity index (χ0n) is 9.55. The van der Waals surface area contributed by atoms with Crippen molar-refractivity contribution in [3.63, 3.8) is 0 Å². The first-order valence-electron chi connectivity index (χ1n) is 5.73. The summed E-state index contributed by atoms with van der Waals surface area (Å²) in [4.78, 5) is 13.9. The van der Waals surface area contributed by atoms with Crippen LogP contribution < -0.4 is 5.32 Å². The molecule has 2 heterocycles. The number of anilines is 1. The minimum absolute atomic E-state index is 0.0167. The second-order valence-electron chi connectivity index (χ2n) is 4.39. The van der Waals surface area contributed by atoms with Crippen molar-refractivity contribution in [1.82, 2.24) is 15.1 Å². The highest BCUT2D eigenvalue weighted by Crippen LogP contribution is 2.41. The summed E-state index contributed by atoms with van der Waals surface area (Å²) in [6.45, 7) is 0.876. The first-order valence-corrected chi connectivity index (χ1v) is 7.77. The van der Waals surface area contributed by atoms with Crippen molar-refractivity contribution in [3.05, 3.63) is 0 Å². The molecule has 2 amide bonds. The van der Waals surface area contributed by atoms with Crippen LogP contribution in [0.1, 0.15) is 19.3 Å². The molecule has 0 spiro atoms. The van der Waals surface area contributed by atoms with Gasteiger partial charge in [0.05, 0.1) is 0 Å². The van der Waals surface area contributed by atoms with E-state index in [4.69, 9.17) is 0 Å². The molecule has 2 fully saturated rings. The van der Waals surface area contributed by atoms with Crippen molar-refractivity contribution in [2.24, 2.45) is 5.92 Å². The van der Waals surface area contributed by atoms with Gasteiger partial charge in [-0.05, 0) is 31.4 Å². The molecule has 0 bridgehead atoms. The quantitative estimate of drug-likeness (QED) is 0.676. The number of carbonyl (C=O) groups excluding carboxylic acids is 1. The number of carbonyl (C=O) groups is 1. The number of thioether (sulfide) groups is 1. The summed E-state index contributed by atoms with van der Waals surface area (Å²) in [5.41, 5.74) is 0. The van der Waals surface area contributed by atoms with E-state index in [0.717, 1.165) is 23.2 Å². The van der Waals surface area contributed by atoms with Crippen LogP contribution in [0.3, 0.4) is 0 Å². The molecule has 1 atom stereocenters. The van der Waals surface area contributed by atoms with Crippen molar-refractivity contribution < 1.29 is 4.79 Å². The molecule has 2 aliphatic rings. The Morgan fingerprint density at radius 1 is 1.47 bits per heavy atom. The van der Waals surface area contributed by atoms with Crippen LogP contribution in [0, 0.1) is 5.92 Å². The predicted octanol–water partition coefficient (Wildman–Crippen LogP) is 2.28. The Labute approximate surface area is 108 Å². The van der Waals surface area contributed by atoms with E-state index in [2.05, 4.69) is 15.5 Å². The summed E-state index contributed by atoms with van der Waals surface area (Å²) in [6.07, 6.45) is 5.67. The average molecular weight is 270 g/mol. The van der Waals surface area contributed by atoms with Crippen LogP contribution in [-0.4, -0.2) is 40.0 Å². The molecule has 0 aromatic carbocycles. The average Bonchev–Trinajstić information content (AvgIpc) is 2.96. The molecule has 1 saturated carbocycles. The lowest BCUT2D eigenvalue weighted by Crippen LogP contribution is -2.53. The maximum absolute atomic E-state index is 12.0. The molecule has 1 saturated heterocycles. The molecular weight excluding hydrogens is 256 g/mol. The van der Waals surface area contributed by atoms with Gasteiger partial charge >= 0.3 is 6.03 Å². The SMILES string of the molecule is CSc1nnc(NC(=O)N2CCC2C2CC2)s1. The summed E-state index contributed by atoms with van der Waals surface area (Å²) in [7, 11) is 0. The third-order valence-electron chi connectivity index (χ3n) is 3.29. The van der Waals surface area contributed by atoms with Gasteiger partial charge in [-0.1, -0.05) is 23.1 Å². The normalized spacial score (nSPS) is 23.4. The Balaban J connectivity index is 1.59. The van der Waals surface area contributed by atoms with Crippen molar-refractivity contribution in [3.8, 4) is 0 Å². The maximum Gasteiger partial charge on any atom is 0.323 e. The fourth-order valence-corrected chi connectivity index (χ4v) is 3.30. The molecule has 1 aromatic heterocycles. The molecular formula is C10H14N4OS2. The van der Waals surface area contributed by atoms with E-state index in [0.29, 0.717) is 11.2 Å². The van der Waals surface area contributed by atoms with Crippen LogP contribution in [0.25, 0.3) is 0 Å². The van der Waals surface area contributed by atoms with Gasteiger partial charge in [0, 0.05) is 12.6 Å². The summed E-state index contributed by atoms with van der Waals surface area (Å²) in [5.74, 6) is 0.755. The second-order valence-corrected chi connectivity index (χ2v) is 6.43. The lowest BCUT2D eigenvalue weighted by Gasteiger charge is -2.40. The number of nitrogens with zero attached hydrogens (tertiary/aromatic N) is 3. The number of amides is 2. The van der Waals surface area contributed by atoms with Gasteiger partial charge in [-0.15, -0.1) is 10.2 Å². The molecule has 1 aliphatic carbocycles. The molecule has 3 rings (SSSR count). The van der Waals surface area contributed by atoms with E-state index in [1.54, 1.807) is 11.8 Å². The van der Waals surface area contributed by atoms with Gasteiger partial charge in [-0.25, -0.2) is 4.79 Å². The van der Waals surface area contributed by atoms with Crippen molar-refractivity contribution in [2.75, 3.05) is 18.1 Å². The Morgan fingerprint density at radius 3 is 2.82 bits per heavy atom. The van der Waals surface area contributed by atoms with Gasteiger partial charge in [0.2, 0.25) is 5.13 Å². The first kappa shape index (κ1) is 11.3. The van der Waals surface area contributed by atoms with E-state index in [1.807, 2.05) is 11.2 Å². The van der Waals surface area contributed by atoms with Gasteiger partial charge in [0.15, 0.2) is 4.34 Å². The van der Waals surface area contributed by atoms with Gasteiger partial charge in [-0.3, -0.25) is 5.32 Å². The summed E-state index contributed by atoms with van der Waals surface area (Å²) in [5, 5.41) is 11.3. The molecule has 1 aliphatic heterocycles. The number of urea groups is 1. The molecule has 1 N–H and O–H groups in total. The summed E-state index contributed by atoms with van der Waals surface area (Å²) >= 11 is 2.96. The molecule has 7 heteroatoms. The fraction of sp³-hybridized carbons (Fsp3) is 0.700. The summed E-state index contributed by atoms with van der Waals surface area (Å²) < 4.78 is 0.877.